The Morgan fingerprint density at radius 3 is 2.95 bits per heavy atom. The Kier molecular flexibility index (Phi) is 3.69. The number of imidazole rings is 1. The summed E-state index contributed by atoms with van der Waals surface area (Å²) in [7, 11) is 0. The minimum absolute atomic E-state index is 0.0206. The number of halogens is 1. The molecule has 1 aliphatic rings. The second-order valence-corrected chi connectivity index (χ2v) is 6.48. The molecule has 4 heteroatoms. The molecule has 1 aromatic carbocycles. The fraction of sp³-hybridized carbons (Fsp3) is 0.438. The zero-order valence-electron chi connectivity index (χ0n) is 12.0. The molecular formula is C16H20BrN3. The lowest BCUT2D eigenvalue weighted by molar-refractivity contribution is 0.324. The zero-order chi connectivity index (χ0) is 14.2. The van der Waals surface area contributed by atoms with E-state index in [1.165, 1.54) is 17.0 Å². The summed E-state index contributed by atoms with van der Waals surface area (Å²) in [6.45, 7) is 6.37. The van der Waals surface area contributed by atoms with E-state index in [1.807, 2.05) is 6.33 Å². The minimum Gasteiger partial charge on any atom is -0.330 e. The van der Waals surface area contributed by atoms with Crippen LogP contribution in [-0.2, 0) is 18.5 Å². The van der Waals surface area contributed by atoms with E-state index in [-0.39, 0.29) is 5.54 Å². The topological polar surface area (TPSA) is 29.9 Å². The van der Waals surface area contributed by atoms with Crippen molar-refractivity contribution in [3.63, 3.8) is 0 Å². The lowest BCUT2D eigenvalue weighted by Crippen LogP contribution is -2.45. The maximum Gasteiger partial charge on any atom is 0.0955 e. The molecule has 0 saturated heterocycles. The van der Waals surface area contributed by atoms with Crippen molar-refractivity contribution in [1.29, 1.82) is 0 Å². The summed E-state index contributed by atoms with van der Waals surface area (Å²) in [6, 6.07) is 8.39. The van der Waals surface area contributed by atoms with Gasteiger partial charge in [-0.15, -0.1) is 0 Å². The Labute approximate surface area is 128 Å². The first kappa shape index (κ1) is 13.8. The molecule has 1 N–H and O–H groups in total. The molecule has 0 saturated carbocycles. The third-order valence-corrected chi connectivity index (χ3v) is 5.13. The van der Waals surface area contributed by atoms with Gasteiger partial charge in [-0.2, -0.15) is 0 Å². The maximum absolute atomic E-state index is 4.69. The van der Waals surface area contributed by atoms with Crippen molar-refractivity contribution >= 4 is 15.9 Å². The van der Waals surface area contributed by atoms with Gasteiger partial charge in [-0.25, -0.2) is 4.98 Å². The van der Waals surface area contributed by atoms with E-state index in [9.17, 15) is 0 Å². The van der Waals surface area contributed by atoms with Crippen LogP contribution >= 0.6 is 15.9 Å². The zero-order valence-corrected chi connectivity index (χ0v) is 13.6. The molecule has 0 spiro atoms. The van der Waals surface area contributed by atoms with Crippen molar-refractivity contribution in [3.05, 3.63) is 52.0 Å². The van der Waals surface area contributed by atoms with Gasteiger partial charge < -0.3 is 9.88 Å². The monoisotopic (exact) mass is 333 g/mol. The van der Waals surface area contributed by atoms with Crippen molar-refractivity contribution in [2.24, 2.45) is 0 Å². The van der Waals surface area contributed by atoms with Crippen LogP contribution in [0.3, 0.4) is 0 Å². The molecule has 3 rings (SSSR count). The van der Waals surface area contributed by atoms with E-state index < -0.39 is 0 Å². The van der Waals surface area contributed by atoms with E-state index in [1.54, 1.807) is 0 Å². The Hall–Kier alpha value is -1.13. The highest BCUT2D eigenvalue weighted by Crippen LogP contribution is 2.30. The van der Waals surface area contributed by atoms with Crippen LogP contribution in [0.15, 0.2) is 35.1 Å². The summed E-state index contributed by atoms with van der Waals surface area (Å²) in [5.74, 6) is 0. The van der Waals surface area contributed by atoms with Crippen LogP contribution in [0.1, 0.15) is 37.2 Å². The van der Waals surface area contributed by atoms with Crippen molar-refractivity contribution in [2.75, 3.05) is 6.54 Å². The molecule has 1 aliphatic heterocycles. The second kappa shape index (κ2) is 5.34. The first-order chi connectivity index (χ1) is 9.64. The van der Waals surface area contributed by atoms with Crippen LogP contribution in [-0.4, -0.2) is 16.1 Å². The average molecular weight is 334 g/mol. The van der Waals surface area contributed by atoms with Gasteiger partial charge in [0.15, 0.2) is 0 Å². The molecule has 106 valence electrons. The number of aromatic nitrogens is 2. The quantitative estimate of drug-likeness (QED) is 0.932. The summed E-state index contributed by atoms with van der Waals surface area (Å²) in [5.41, 5.74) is 3.92. The van der Waals surface area contributed by atoms with E-state index in [0.717, 1.165) is 30.4 Å². The predicted molar refractivity (Wildman–Crippen MR) is 84.8 cm³/mol. The van der Waals surface area contributed by atoms with Gasteiger partial charge in [-0.05, 0) is 25.0 Å². The summed E-state index contributed by atoms with van der Waals surface area (Å²) >= 11 is 3.63. The average Bonchev–Trinajstić information content (AvgIpc) is 2.86. The number of hydrogen-bond acceptors (Lipinski definition) is 2. The summed E-state index contributed by atoms with van der Waals surface area (Å²) in [4.78, 5) is 4.69. The maximum atomic E-state index is 4.69. The number of hydrogen-bond donors (Lipinski definition) is 1. The van der Waals surface area contributed by atoms with Crippen molar-refractivity contribution < 1.29 is 0 Å². The lowest BCUT2D eigenvalue weighted by Gasteiger charge is -2.33. The van der Waals surface area contributed by atoms with Crippen LogP contribution < -0.4 is 5.32 Å². The highest BCUT2D eigenvalue weighted by atomic mass is 79.9. The SMILES string of the molecule is CCC1(C)NCCc2c1ncn2Cc1ccccc1Br. The van der Waals surface area contributed by atoms with Gasteiger partial charge in [0.1, 0.15) is 0 Å². The van der Waals surface area contributed by atoms with Crippen molar-refractivity contribution in [2.45, 2.75) is 38.8 Å². The van der Waals surface area contributed by atoms with Crippen molar-refractivity contribution in [1.82, 2.24) is 14.9 Å². The molecule has 0 fully saturated rings. The fourth-order valence-corrected chi connectivity index (χ4v) is 3.32. The number of nitrogens with zero attached hydrogens (tertiary/aromatic N) is 2. The predicted octanol–water partition coefficient (Wildman–Crippen LogP) is 3.46. The van der Waals surface area contributed by atoms with Gasteiger partial charge in [-0.1, -0.05) is 41.1 Å². The summed E-state index contributed by atoms with van der Waals surface area (Å²) in [5, 5.41) is 3.60. The molecule has 1 aromatic heterocycles. The normalized spacial score (nSPS) is 21.8. The molecule has 2 heterocycles. The Bertz CT molecular complexity index is 620. The third-order valence-electron chi connectivity index (χ3n) is 4.35. The van der Waals surface area contributed by atoms with Crippen molar-refractivity contribution in [3.8, 4) is 0 Å². The number of nitrogens with one attached hydrogen (secondary N) is 1. The summed E-state index contributed by atoms with van der Waals surface area (Å²) in [6.07, 6.45) is 4.10. The van der Waals surface area contributed by atoms with Crippen LogP contribution in [0, 0.1) is 0 Å². The Morgan fingerprint density at radius 1 is 1.40 bits per heavy atom. The third kappa shape index (κ3) is 2.31. The Morgan fingerprint density at radius 2 is 2.20 bits per heavy atom. The fourth-order valence-electron chi connectivity index (χ4n) is 2.91. The van der Waals surface area contributed by atoms with E-state index in [4.69, 9.17) is 4.98 Å². The van der Waals surface area contributed by atoms with Gasteiger partial charge in [-0.3, -0.25) is 0 Å². The molecule has 3 nitrogen and oxygen atoms in total. The lowest BCUT2D eigenvalue weighted by atomic mass is 9.89. The summed E-state index contributed by atoms with van der Waals surface area (Å²) < 4.78 is 3.46. The first-order valence-electron chi connectivity index (χ1n) is 7.17. The first-order valence-corrected chi connectivity index (χ1v) is 7.96. The number of rotatable bonds is 3. The molecule has 1 unspecified atom stereocenters. The van der Waals surface area contributed by atoms with E-state index in [0.29, 0.717) is 0 Å². The van der Waals surface area contributed by atoms with E-state index in [2.05, 4.69) is 63.9 Å². The minimum atomic E-state index is 0.0206. The molecule has 0 bridgehead atoms. The van der Waals surface area contributed by atoms with Gasteiger partial charge >= 0.3 is 0 Å². The molecule has 1 atom stereocenters. The van der Waals surface area contributed by atoms with Gasteiger partial charge in [0.05, 0.1) is 17.6 Å². The molecule has 0 amide bonds. The largest absolute Gasteiger partial charge is 0.330 e. The smallest absolute Gasteiger partial charge is 0.0955 e. The highest BCUT2D eigenvalue weighted by Gasteiger charge is 2.33. The second-order valence-electron chi connectivity index (χ2n) is 5.62. The number of fused-ring (bicyclic) bond motifs is 1. The highest BCUT2D eigenvalue weighted by molar-refractivity contribution is 9.10. The number of benzene rings is 1. The van der Waals surface area contributed by atoms with Gasteiger partial charge in [0, 0.05) is 29.7 Å². The Balaban J connectivity index is 1.96. The van der Waals surface area contributed by atoms with Crippen LogP contribution in [0.4, 0.5) is 0 Å². The van der Waals surface area contributed by atoms with E-state index >= 15 is 0 Å². The van der Waals surface area contributed by atoms with Crippen LogP contribution in [0.25, 0.3) is 0 Å². The van der Waals surface area contributed by atoms with Crippen LogP contribution in [0.5, 0.6) is 0 Å². The molecule has 20 heavy (non-hydrogen) atoms. The van der Waals surface area contributed by atoms with Gasteiger partial charge in [0.25, 0.3) is 0 Å². The standard InChI is InChI=1S/C16H20BrN3/c1-3-16(2)15-14(8-9-19-16)20(11-18-15)10-12-6-4-5-7-13(12)17/h4-7,11,19H,3,8-10H2,1-2H3. The van der Waals surface area contributed by atoms with Crippen LogP contribution in [0.2, 0.25) is 0 Å². The molecule has 2 aromatic rings. The molecule has 0 radical (unpaired) electrons. The molecular weight excluding hydrogens is 314 g/mol. The van der Waals surface area contributed by atoms with Gasteiger partial charge in [0.2, 0.25) is 0 Å². The molecule has 0 aliphatic carbocycles.